The van der Waals surface area contributed by atoms with Crippen LogP contribution < -0.4 is 10.2 Å². The molecule has 0 saturated heterocycles. The summed E-state index contributed by atoms with van der Waals surface area (Å²) >= 11 is 0. The molecule has 0 aliphatic carbocycles. The number of sulfonamides is 1. The van der Waals surface area contributed by atoms with Crippen molar-refractivity contribution in [3.8, 4) is 0 Å². The van der Waals surface area contributed by atoms with Crippen molar-refractivity contribution in [2.45, 2.75) is 31.2 Å². The van der Waals surface area contributed by atoms with E-state index in [4.69, 9.17) is 0 Å². The Morgan fingerprint density at radius 3 is 2.10 bits per heavy atom. The SMILES string of the molecule is CC(C)c1ccc(CN(C)CC(=O)Nc2cc(S(=O)(=O)N(C)C)ccc2N(C)C)cc1. The summed E-state index contributed by atoms with van der Waals surface area (Å²) in [5.41, 5.74) is 3.62. The molecule has 1 amide bonds. The fourth-order valence-corrected chi connectivity index (χ4v) is 4.12. The molecule has 8 heteroatoms. The minimum atomic E-state index is -3.60. The lowest BCUT2D eigenvalue weighted by molar-refractivity contribution is -0.117. The van der Waals surface area contributed by atoms with Gasteiger partial charge in [-0.2, -0.15) is 0 Å². The molecule has 0 aliphatic heterocycles. The molecule has 0 aromatic heterocycles. The number of benzene rings is 2. The van der Waals surface area contributed by atoms with E-state index in [1.165, 1.54) is 25.7 Å². The Balaban J connectivity index is 2.12. The van der Waals surface area contributed by atoms with E-state index in [-0.39, 0.29) is 17.3 Å². The van der Waals surface area contributed by atoms with Crippen molar-refractivity contribution in [1.29, 1.82) is 0 Å². The van der Waals surface area contributed by atoms with Crippen molar-refractivity contribution < 1.29 is 13.2 Å². The van der Waals surface area contributed by atoms with Gasteiger partial charge in [0.05, 0.1) is 22.8 Å². The molecule has 0 fully saturated rings. The highest BCUT2D eigenvalue weighted by molar-refractivity contribution is 7.89. The van der Waals surface area contributed by atoms with Crippen molar-refractivity contribution in [2.24, 2.45) is 0 Å². The highest BCUT2D eigenvalue weighted by Crippen LogP contribution is 2.28. The van der Waals surface area contributed by atoms with E-state index in [2.05, 4.69) is 43.4 Å². The Kier molecular flexibility index (Phi) is 8.22. The third kappa shape index (κ3) is 6.53. The van der Waals surface area contributed by atoms with Crippen molar-refractivity contribution in [3.05, 3.63) is 53.6 Å². The average molecular weight is 447 g/mol. The summed E-state index contributed by atoms with van der Waals surface area (Å²) in [7, 11) is 4.94. The number of hydrogen-bond donors (Lipinski definition) is 1. The smallest absolute Gasteiger partial charge is 0.242 e. The van der Waals surface area contributed by atoms with Crippen LogP contribution >= 0.6 is 0 Å². The molecule has 7 nitrogen and oxygen atoms in total. The summed E-state index contributed by atoms with van der Waals surface area (Å²) in [5.74, 6) is 0.277. The van der Waals surface area contributed by atoms with E-state index >= 15 is 0 Å². The van der Waals surface area contributed by atoms with Gasteiger partial charge in [-0.25, -0.2) is 12.7 Å². The quantitative estimate of drug-likeness (QED) is 0.640. The molecule has 0 atom stereocenters. The van der Waals surface area contributed by atoms with Gasteiger partial charge < -0.3 is 10.2 Å². The van der Waals surface area contributed by atoms with E-state index < -0.39 is 10.0 Å². The molecule has 0 unspecified atom stereocenters. The average Bonchev–Trinajstić information content (AvgIpc) is 2.67. The van der Waals surface area contributed by atoms with Crippen LogP contribution in [0.4, 0.5) is 11.4 Å². The van der Waals surface area contributed by atoms with Crippen molar-refractivity contribution in [2.75, 3.05) is 52.0 Å². The van der Waals surface area contributed by atoms with Crippen LogP contribution in [-0.2, 0) is 21.4 Å². The molecule has 1 N–H and O–H groups in total. The number of carbonyl (C=O) groups is 1. The molecule has 2 aromatic carbocycles. The Bertz CT molecular complexity index is 1000. The molecule has 0 spiro atoms. The molecule has 0 aliphatic rings. The highest BCUT2D eigenvalue weighted by atomic mass is 32.2. The minimum absolute atomic E-state index is 0.136. The van der Waals surface area contributed by atoms with Crippen molar-refractivity contribution >= 4 is 27.3 Å². The largest absolute Gasteiger partial charge is 0.376 e. The maximum atomic E-state index is 12.7. The number of amides is 1. The molecule has 2 aromatic rings. The molecule has 0 radical (unpaired) electrons. The molecule has 2 rings (SSSR count). The number of rotatable bonds is 9. The summed E-state index contributed by atoms with van der Waals surface area (Å²) in [6.45, 7) is 5.14. The lowest BCUT2D eigenvalue weighted by atomic mass is 10.0. The molecule has 170 valence electrons. The van der Waals surface area contributed by atoms with Crippen molar-refractivity contribution in [1.82, 2.24) is 9.21 Å². The Hall–Kier alpha value is -2.42. The monoisotopic (exact) mass is 446 g/mol. The predicted octanol–water partition coefficient (Wildman–Crippen LogP) is 3.20. The molecule has 31 heavy (non-hydrogen) atoms. The lowest BCUT2D eigenvalue weighted by Gasteiger charge is -2.21. The topological polar surface area (TPSA) is 73.0 Å². The zero-order valence-corrected chi connectivity index (χ0v) is 20.3. The highest BCUT2D eigenvalue weighted by Gasteiger charge is 2.20. The fraction of sp³-hybridized carbons (Fsp3) is 0.435. The number of nitrogens with zero attached hydrogens (tertiary/aromatic N) is 3. The summed E-state index contributed by atoms with van der Waals surface area (Å²) in [4.78, 5) is 16.6. The van der Waals surface area contributed by atoms with Gasteiger partial charge in [0.15, 0.2) is 0 Å². The van der Waals surface area contributed by atoms with E-state index in [1.54, 1.807) is 12.1 Å². The second-order valence-electron chi connectivity index (χ2n) is 8.48. The van der Waals surface area contributed by atoms with Crippen LogP contribution in [0.15, 0.2) is 47.4 Å². The summed E-state index contributed by atoms with van der Waals surface area (Å²) in [6, 6.07) is 13.2. The van der Waals surface area contributed by atoms with E-state index in [9.17, 15) is 13.2 Å². The maximum Gasteiger partial charge on any atom is 0.242 e. The van der Waals surface area contributed by atoms with Crippen LogP contribution in [0, 0.1) is 0 Å². The van der Waals surface area contributed by atoms with Crippen LogP contribution in [-0.4, -0.2) is 65.3 Å². The third-order valence-corrected chi connectivity index (χ3v) is 6.83. The normalized spacial score (nSPS) is 11.9. The van der Waals surface area contributed by atoms with Crippen LogP contribution in [0.5, 0.6) is 0 Å². The molecule has 0 bridgehead atoms. The predicted molar refractivity (Wildman–Crippen MR) is 127 cm³/mol. The number of likely N-dealkylation sites (N-methyl/N-ethyl adjacent to an activating group) is 1. The molecule has 0 heterocycles. The maximum absolute atomic E-state index is 12.7. The number of anilines is 2. The van der Waals surface area contributed by atoms with Gasteiger partial charge in [-0.05, 0) is 42.3 Å². The van der Waals surface area contributed by atoms with Crippen LogP contribution in [0.2, 0.25) is 0 Å². The first-order valence-corrected chi connectivity index (χ1v) is 11.7. The second-order valence-corrected chi connectivity index (χ2v) is 10.6. The zero-order valence-electron chi connectivity index (χ0n) is 19.5. The van der Waals surface area contributed by atoms with Gasteiger partial charge in [0.2, 0.25) is 15.9 Å². The van der Waals surface area contributed by atoms with Crippen LogP contribution in [0.3, 0.4) is 0 Å². The summed E-state index contributed by atoms with van der Waals surface area (Å²) < 4.78 is 26.1. The standard InChI is InChI=1S/C23H34N4O3S/c1-17(2)19-10-8-18(9-11-19)15-27(7)16-23(28)24-21-14-20(31(29,30)26(5)6)12-13-22(21)25(3)4/h8-14,17H,15-16H2,1-7H3,(H,24,28). The first-order valence-electron chi connectivity index (χ1n) is 10.2. The van der Waals surface area contributed by atoms with E-state index in [0.29, 0.717) is 18.2 Å². The van der Waals surface area contributed by atoms with Gasteiger partial charge in [0.1, 0.15) is 0 Å². The van der Waals surface area contributed by atoms with Gasteiger partial charge in [-0.15, -0.1) is 0 Å². The van der Waals surface area contributed by atoms with Gasteiger partial charge in [-0.1, -0.05) is 38.1 Å². The molecular formula is C23H34N4O3S. The van der Waals surface area contributed by atoms with Crippen LogP contribution in [0.1, 0.15) is 30.9 Å². The molecule has 0 saturated carbocycles. The van der Waals surface area contributed by atoms with Crippen molar-refractivity contribution in [3.63, 3.8) is 0 Å². The third-order valence-electron chi connectivity index (χ3n) is 5.01. The van der Waals surface area contributed by atoms with Gasteiger partial charge >= 0.3 is 0 Å². The fourth-order valence-electron chi connectivity index (χ4n) is 3.19. The van der Waals surface area contributed by atoms with Crippen LogP contribution in [0.25, 0.3) is 0 Å². The van der Waals surface area contributed by atoms with Gasteiger partial charge in [0.25, 0.3) is 0 Å². The summed E-state index contributed by atoms with van der Waals surface area (Å²) in [6.07, 6.45) is 0. The van der Waals surface area contributed by atoms with Gasteiger partial charge in [0, 0.05) is 34.7 Å². The minimum Gasteiger partial charge on any atom is -0.376 e. The van der Waals surface area contributed by atoms with E-state index in [0.717, 1.165) is 15.6 Å². The zero-order chi connectivity index (χ0) is 23.3. The number of hydrogen-bond acceptors (Lipinski definition) is 5. The molecular weight excluding hydrogens is 412 g/mol. The van der Waals surface area contributed by atoms with E-state index in [1.807, 2.05) is 30.9 Å². The Labute approximate surface area is 186 Å². The summed E-state index contributed by atoms with van der Waals surface area (Å²) in [5, 5.41) is 2.88. The number of carbonyl (C=O) groups excluding carboxylic acids is 1. The first-order chi connectivity index (χ1) is 14.4. The van der Waals surface area contributed by atoms with Gasteiger partial charge in [-0.3, -0.25) is 9.69 Å². The number of nitrogens with one attached hydrogen (secondary N) is 1. The Morgan fingerprint density at radius 2 is 1.58 bits per heavy atom. The Morgan fingerprint density at radius 1 is 0.968 bits per heavy atom. The first kappa shape index (κ1) is 24.8. The lowest BCUT2D eigenvalue weighted by Crippen LogP contribution is -2.30. The second kappa shape index (κ2) is 10.3.